The van der Waals surface area contributed by atoms with Gasteiger partial charge in [0.25, 0.3) is 0 Å². The van der Waals surface area contributed by atoms with Crippen molar-refractivity contribution in [2.75, 3.05) is 6.61 Å². The number of aliphatic hydroxyl groups is 2. The summed E-state index contributed by atoms with van der Waals surface area (Å²) in [5, 5.41) is 23.6. The number of carbonyl (C=O) groups excluding carboxylic acids is 2. The molecule has 6 nitrogen and oxygen atoms in total. The minimum atomic E-state index is -0.790. The molecule has 0 heterocycles. The maximum Gasteiger partial charge on any atom is 0.306 e. The minimum Gasteiger partial charge on any atom is -0.462 e. The van der Waals surface area contributed by atoms with Crippen molar-refractivity contribution in [2.24, 2.45) is 0 Å². The van der Waals surface area contributed by atoms with E-state index in [0.29, 0.717) is 19.3 Å². The summed E-state index contributed by atoms with van der Waals surface area (Å²) in [5.74, 6) is -0.512. The van der Waals surface area contributed by atoms with E-state index in [1.54, 1.807) is 0 Å². The van der Waals surface area contributed by atoms with Crippen LogP contribution >= 0.6 is 0 Å². The van der Waals surface area contributed by atoms with Crippen LogP contribution in [0.15, 0.2) is 48.6 Å². The topological polar surface area (TPSA) is 95.9 Å². The second-order valence-corrected chi connectivity index (χ2v) is 16.5. The van der Waals surface area contributed by atoms with Crippen LogP contribution in [0.25, 0.3) is 0 Å². The third kappa shape index (κ3) is 40.4. The normalized spacial score (nSPS) is 13.7. The van der Waals surface area contributed by atoms with Gasteiger partial charge in [0.05, 0.1) is 25.2 Å². The molecule has 0 saturated heterocycles. The van der Waals surface area contributed by atoms with Gasteiger partial charge in [0.1, 0.15) is 6.10 Å². The van der Waals surface area contributed by atoms with Crippen molar-refractivity contribution < 1.29 is 24.5 Å². The molecular formula is C51H93NO5. The summed E-state index contributed by atoms with van der Waals surface area (Å²) >= 11 is 0. The van der Waals surface area contributed by atoms with Gasteiger partial charge in [-0.05, 0) is 70.6 Å². The molecule has 0 bridgehead atoms. The molecule has 3 atom stereocenters. The highest BCUT2D eigenvalue weighted by atomic mass is 16.5. The first-order valence-electron chi connectivity index (χ1n) is 24.4. The lowest BCUT2D eigenvalue weighted by Crippen LogP contribution is -2.46. The predicted molar refractivity (Wildman–Crippen MR) is 245 cm³/mol. The number of amides is 1. The number of hydrogen-bond donors (Lipinski definition) is 3. The molecule has 6 heteroatoms. The number of allylic oxidation sites excluding steroid dienone is 8. The van der Waals surface area contributed by atoms with E-state index < -0.39 is 18.2 Å². The Morgan fingerprint density at radius 1 is 0.509 bits per heavy atom. The van der Waals surface area contributed by atoms with Crippen LogP contribution < -0.4 is 5.32 Å². The number of nitrogens with one attached hydrogen (secondary N) is 1. The number of ether oxygens (including phenoxy) is 1. The Bertz CT molecular complexity index is 988. The zero-order valence-corrected chi connectivity index (χ0v) is 37.7. The summed E-state index contributed by atoms with van der Waals surface area (Å²) in [6, 6.07) is -0.704. The molecular weight excluding hydrogens is 707 g/mol. The van der Waals surface area contributed by atoms with Crippen molar-refractivity contribution >= 4 is 11.9 Å². The Hall–Kier alpha value is -2.18. The van der Waals surface area contributed by atoms with Gasteiger partial charge in [-0.3, -0.25) is 9.59 Å². The van der Waals surface area contributed by atoms with Crippen LogP contribution in [0.3, 0.4) is 0 Å². The number of carbonyl (C=O) groups is 2. The number of hydrogen-bond acceptors (Lipinski definition) is 5. The van der Waals surface area contributed by atoms with Crippen LogP contribution in [0.1, 0.15) is 239 Å². The molecule has 57 heavy (non-hydrogen) atoms. The van der Waals surface area contributed by atoms with Gasteiger partial charge < -0.3 is 20.3 Å². The van der Waals surface area contributed by atoms with Gasteiger partial charge in [0.2, 0.25) is 5.91 Å². The number of esters is 1. The molecule has 0 aromatic heterocycles. The van der Waals surface area contributed by atoms with Crippen LogP contribution in [0.2, 0.25) is 0 Å². The average molecular weight is 800 g/mol. The SMILES string of the molecule is CCCCC/C=C\C/C=C\C/C=C\C/C=C\CCCCCC(=O)OC(CCCCCCCCC)CC(=O)NC(CO)C(O)CCCCCCCCCCCCCC. The fraction of sp³-hybridized carbons (Fsp3) is 0.804. The lowest BCUT2D eigenvalue weighted by atomic mass is 10.0. The molecule has 0 rings (SSSR count). The van der Waals surface area contributed by atoms with Crippen LogP contribution in [0, 0.1) is 0 Å². The molecule has 0 spiro atoms. The molecule has 0 aliphatic rings. The lowest BCUT2D eigenvalue weighted by molar-refractivity contribution is -0.151. The van der Waals surface area contributed by atoms with Crippen molar-refractivity contribution in [1.29, 1.82) is 0 Å². The largest absolute Gasteiger partial charge is 0.462 e. The van der Waals surface area contributed by atoms with E-state index in [4.69, 9.17) is 4.74 Å². The fourth-order valence-electron chi connectivity index (χ4n) is 7.18. The molecule has 0 aromatic carbocycles. The van der Waals surface area contributed by atoms with Crippen molar-refractivity contribution in [2.45, 2.75) is 257 Å². The highest BCUT2D eigenvalue weighted by molar-refractivity contribution is 5.77. The standard InChI is InChI=1S/C51H93NO5/c1-4-7-10-13-16-18-20-22-23-24-25-26-27-28-30-32-35-38-41-44-51(56)57-47(42-39-36-33-15-12-9-6-3)45-50(55)52-48(46-53)49(54)43-40-37-34-31-29-21-19-17-14-11-8-5-2/h16,18,22-23,25-26,28,30,47-49,53-54H,4-15,17,19-21,24,27,29,31-46H2,1-3H3,(H,52,55)/b18-16-,23-22-,26-25-,30-28-. The summed E-state index contributed by atoms with van der Waals surface area (Å²) in [6.07, 6.45) is 53.2. The van der Waals surface area contributed by atoms with Gasteiger partial charge in [-0.2, -0.15) is 0 Å². The second kappa shape index (κ2) is 44.9. The lowest BCUT2D eigenvalue weighted by Gasteiger charge is -2.24. The van der Waals surface area contributed by atoms with Crippen molar-refractivity contribution in [3.05, 3.63) is 48.6 Å². The van der Waals surface area contributed by atoms with Crippen LogP contribution in [-0.2, 0) is 14.3 Å². The average Bonchev–Trinajstić information content (AvgIpc) is 3.20. The fourth-order valence-corrected chi connectivity index (χ4v) is 7.18. The van der Waals surface area contributed by atoms with E-state index >= 15 is 0 Å². The first kappa shape index (κ1) is 54.8. The zero-order chi connectivity index (χ0) is 41.7. The third-order valence-corrected chi connectivity index (χ3v) is 10.9. The van der Waals surface area contributed by atoms with E-state index in [0.717, 1.165) is 83.5 Å². The summed E-state index contributed by atoms with van der Waals surface area (Å²) in [6.45, 7) is 6.41. The summed E-state index contributed by atoms with van der Waals surface area (Å²) in [7, 11) is 0. The van der Waals surface area contributed by atoms with Crippen molar-refractivity contribution in [3.63, 3.8) is 0 Å². The number of aliphatic hydroxyl groups excluding tert-OH is 2. The van der Waals surface area contributed by atoms with Crippen LogP contribution in [0.5, 0.6) is 0 Å². The van der Waals surface area contributed by atoms with E-state index in [9.17, 15) is 19.8 Å². The molecule has 3 unspecified atom stereocenters. The van der Waals surface area contributed by atoms with Crippen LogP contribution in [-0.4, -0.2) is 46.9 Å². The number of unbranched alkanes of at least 4 members (excludes halogenated alkanes) is 23. The molecule has 1 amide bonds. The molecule has 0 radical (unpaired) electrons. The first-order valence-corrected chi connectivity index (χ1v) is 24.4. The molecule has 0 saturated carbocycles. The predicted octanol–water partition coefficient (Wildman–Crippen LogP) is 14.3. The van der Waals surface area contributed by atoms with Gasteiger partial charge >= 0.3 is 5.97 Å². The van der Waals surface area contributed by atoms with E-state index in [-0.39, 0.29) is 24.9 Å². The second-order valence-electron chi connectivity index (χ2n) is 16.5. The van der Waals surface area contributed by atoms with Crippen molar-refractivity contribution in [3.8, 4) is 0 Å². The summed E-state index contributed by atoms with van der Waals surface area (Å²) in [4.78, 5) is 25.9. The Labute approximate surface area is 353 Å². The Morgan fingerprint density at radius 2 is 0.895 bits per heavy atom. The highest BCUT2D eigenvalue weighted by Gasteiger charge is 2.24. The summed E-state index contributed by atoms with van der Waals surface area (Å²) in [5.41, 5.74) is 0. The zero-order valence-electron chi connectivity index (χ0n) is 37.7. The van der Waals surface area contributed by atoms with E-state index in [1.165, 1.54) is 109 Å². The highest BCUT2D eigenvalue weighted by Crippen LogP contribution is 2.17. The third-order valence-electron chi connectivity index (χ3n) is 10.9. The molecule has 0 aromatic rings. The van der Waals surface area contributed by atoms with Gasteiger partial charge in [-0.1, -0.05) is 204 Å². The Kier molecular flexibility index (Phi) is 43.2. The molecule has 3 N–H and O–H groups in total. The molecule has 0 aliphatic heterocycles. The first-order chi connectivity index (χ1) is 28.0. The van der Waals surface area contributed by atoms with Gasteiger partial charge in [-0.25, -0.2) is 0 Å². The van der Waals surface area contributed by atoms with E-state index in [1.807, 2.05) is 0 Å². The molecule has 332 valence electrons. The number of rotatable bonds is 43. The summed E-state index contributed by atoms with van der Waals surface area (Å²) < 4.78 is 5.87. The molecule has 0 aliphatic carbocycles. The quantitative estimate of drug-likeness (QED) is 0.0324. The minimum absolute atomic E-state index is 0.0649. The maximum atomic E-state index is 13.1. The Balaban J connectivity index is 4.45. The monoisotopic (exact) mass is 800 g/mol. The van der Waals surface area contributed by atoms with Crippen LogP contribution in [0.4, 0.5) is 0 Å². The van der Waals surface area contributed by atoms with Gasteiger partial charge in [0, 0.05) is 6.42 Å². The molecule has 0 fully saturated rings. The smallest absolute Gasteiger partial charge is 0.306 e. The Morgan fingerprint density at radius 3 is 1.37 bits per heavy atom. The van der Waals surface area contributed by atoms with Crippen molar-refractivity contribution in [1.82, 2.24) is 5.32 Å². The van der Waals surface area contributed by atoms with Gasteiger partial charge in [-0.15, -0.1) is 0 Å². The maximum absolute atomic E-state index is 13.1. The van der Waals surface area contributed by atoms with E-state index in [2.05, 4.69) is 74.7 Å². The van der Waals surface area contributed by atoms with Gasteiger partial charge in [0.15, 0.2) is 0 Å².